The molecule has 1 atom stereocenters. The van der Waals surface area contributed by atoms with E-state index in [1.807, 2.05) is 6.92 Å². The fourth-order valence-electron chi connectivity index (χ4n) is 3.46. The van der Waals surface area contributed by atoms with Gasteiger partial charge in [-0.05, 0) is 32.9 Å². The number of nitrogens with one attached hydrogen (secondary N) is 1. The average molecular weight is 341 g/mol. The summed E-state index contributed by atoms with van der Waals surface area (Å²) in [4.78, 5) is 19.5. The first-order valence-electron chi connectivity index (χ1n) is 9.75. The Balaban J connectivity index is 1.46. The summed E-state index contributed by atoms with van der Waals surface area (Å²) in [6.45, 7) is 15.5. The molecule has 2 aliphatic heterocycles. The van der Waals surface area contributed by atoms with E-state index in [1.54, 1.807) is 0 Å². The van der Waals surface area contributed by atoms with Crippen LogP contribution in [0.15, 0.2) is 0 Å². The summed E-state index contributed by atoms with van der Waals surface area (Å²) in [5.74, 6) is 0.160. The Morgan fingerprint density at radius 3 is 2.33 bits per heavy atom. The second kappa shape index (κ2) is 11.0. The summed E-state index contributed by atoms with van der Waals surface area (Å²) in [5.41, 5.74) is 0. The molecule has 0 bridgehead atoms. The normalized spacial score (nSPS) is 22.4. The Morgan fingerprint density at radius 1 is 1.00 bits per heavy atom. The van der Waals surface area contributed by atoms with E-state index >= 15 is 0 Å². The first-order valence-corrected chi connectivity index (χ1v) is 9.75. The molecule has 2 heterocycles. The highest BCUT2D eigenvalue weighted by atomic mass is 16.5. The summed E-state index contributed by atoms with van der Waals surface area (Å²) in [6.07, 6.45) is 3.51. The number of ether oxygens (including phenoxy) is 1. The lowest BCUT2D eigenvalue weighted by molar-refractivity contribution is -0.127. The predicted molar refractivity (Wildman–Crippen MR) is 97.3 cm³/mol. The van der Waals surface area contributed by atoms with Crippen LogP contribution in [0.25, 0.3) is 0 Å². The number of nitrogens with zero attached hydrogens (tertiary/aromatic N) is 3. The van der Waals surface area contributed by atoms with Crippen molar-refractivity contribution < 1.29 is 9.53 Å². The highest BCUT2D eigenvalue weighted by Gasteiger charge is 2.22. The van der Waals surface area contributed by atoms with E-state index in [4.69, 9.17) is 4.74 Å². The van der Waals surface area contributed by atoms with Crippen molar-refractivity contribution in [2.75, 3.05) is 72.1 Å². The van der Waals surface area contributed by atoms with Crippen LogP contribution in [0.5, 0.6) is 0 Å². The molecule has 0 aliphatic carbocycles. The number of amides is 1. The molecular formula is C18H36N4O2. The minimum atomic E-state index is -0.0382. The smallest absolute Gasteiger partial charge is 0.237 e. The van der Waals surface area contributed by atoms with Gasteiger partial charge in [-0.2, -0.15) is 0 Å². The molecule has 0 aromatic heterocycles. The van der Waals surface area contributed by atoms with Crippen LogP contribution in [0.4, 0.5) is 0 Å². The monoisotopic (exact) mass is 340 g/mol. The fourth-order valence-corrected chi connectivity index (χ4v) is 3.46. The molecule has 24 heavy (non-hydrogen) atoms. The van der Waals surface area contributed by atoms with E-state index in [2.05, 4.69) is 26.9 Å². The van der Waals surface area contributed by atoms with Crippen LogP contribution in [0.1, 0.15) is 33.1 Å². The maximum Gasteiger partial charge on any atom is 0.237 e. The van der Waals surface area contributed by atoms with Gasteiger partial charge in [0.05, 0.1) is 19.3 Å². The van der Waals surface area contributed by atoms with Crippen LogP contribution in [-0.2, 0) is 9.53 Å². The number of hydrogen-bond donors (Lipinski definition) is 1. The van der Waals surface area contributed by atoms with Crippen LogP contribution < -0.4 is 5.32 Å². The second-order valence-corrected chi connectivity index (χ2v) is 6.95. The number of rotatable bonds is 9. The Hall–Kier alpha value is -0.690. The van der Waals surface area contributed by atoms with Crippen molar-refractivity contribution in [3.8, 4) is 0 Å². The van der Waals surface area contributed by atoms with Gasteiger partial charge in [-0.1, -0.05) is 13.3 Å². The third-order valence-electron chi connectivity index (χ3n) is 5.34. The molecule has 2 rings (SSSR count). The van der Waals surface area contributed by atoms with Crippen LogP contribution in [0.2, 0.25) is 0 Å². The molecule has 0 aromatic rings. The van der Waals surface area contributed by atoms with Crippen molar-refractivity contribution in [1.82, 2.24) is 20.0 Å². The number of carbonyl (C=O) groups excluding carboxylic acids is 1. The van der Waals surface area contributed by atoms with Crippen molar-refractivity contribution in [2.45, 2.75) is 39.2 Å². The molecule has 1 N–H and O–H groups in total. The lowest BCUT2D eigenvalue weighted by Crippen LogP contribution is -2.49. The number of morpholine rings is 1. The van der Waals surface area contributed by atoms with Gasteiger partial charge in [0.15, 0.2) is 0 Å². The third-order valence-corrected chi connectivity index (χ3v) is 5.34. The van der Waals surface area contributed by atoms with E-state index in [0.717, 1.165) is 39.3 Å². The van der Waals surface area contributed by atoms with E-state index in [-0.39, 0.29) is 11.9 Å². The van der Waals surface area contributed by atoms with Gasteiger partial charge < -0.3 is 19.9 Å². The standard InChI is InChI=1S/C18H36N4O2/c1-3-20-9-11-21(12-10-20)8-6-4-5-7-19-18(23)17(2)22-13-15-24-16-14-22/h17H,3-16H2,1-2H3,(H,19,23). The highest BCUT2D eigenvalue weighted by molar-refractivity contribution is 5.81. The molecule has 0 saturated carbocycles. The van der Waals surface area contributed by atoms with Crippen molar-refractivity contribution in [2.24, 2.45) is 0 Å². The Kier molecular flexibility index (Phi) is 9.02. The average Bonchev–Trinajstić information content (AvgIpc) is 2.65. The van der Waals surface area contributed by atoms with Gasteiger partial charge in [-0.3, -0.25) is 9.69 Å². The van der Waals surface area contributed by atoms with E-state index in [0.29, 0.717) is 0 Å². The summed E-state index contributed by atoms with van der Waals surface area (Å²) in [7, 11) is 0. The number of carbonyl (C=O) groups is 1. The number of likely N-dealkylation sites (N-methyl/N-ethyl adjacent to an activating group) is 1. The summed E-state index contributed by atoms with van der Waals surface area (Å²) in [5, 5.41) is 3.09. The number of piperazine rings is 1. The Labute approximate surface area is 147 Å². The Morgan fingerprint density at radius 2 is 1.67 bits per heavy atom. The van der Waals surface area contributed by atoms with Crippen LogP contribution in [0, 0.1) is 0 Å². The zero-order valence-electron chi connectivity index (χ0n) is 15.6. The van der Waals surface area contributed by atoms with E-state index < -0.39 is 0 Å². The lowest BCUT2D eigenvalue weighted by atomic mass is 10.2. The first-order chi connectivity index (χ1) is 11.7. The molecule has 6 heteroatoms. The van der Waals surface area contributed by atoms with Crippen LogP contribution in [-0.4, -0.2) is 98.8 Å². The molecule has 1 amide bonds. The van der Waals surface area contributed by atoms with Crippen molar-refractivity contribution in [3.63, 3.8) is 0 Å². The van der Waals surface area contributed by atoms with E-state index in [9.17, 15) is 4.79 Å². The molecule has 6 nitrogen and oxygen atoms in total. The molecule has 0 spiro atoms. The number of hydrogen-bond acceptors (Lipinski definition) is 5. The van der Waals surface area contributed by atoms with E-state index in [1.165, 1.54) is 52.1 Å². The van der Waals surface area contributed by atoms with Gasteiger partial charge in [-0.25, -0.2) is 0 Å². The maximum atomic E-state index is 12.2. The zero-order valence-corrected chi connectivity index (χ0v) is 15.6. The zero-order chi connectivity index (χ0) is 17.2. The molecule has 0 aromatic carbocycles. The predicted octanol–water partition coefficient (Wildman–Crippen LogP) is 0.631. The van der Waals surface area contributed by atoms with Gasteiger partial charge in [0, 0.05) is 45.8 Å². The first kappa shape index (κ1) is 19.6. The summed E-state index contributed by atoms with van der Waals surface area (Å²) < 4.78 is 5.34. The second-order valence-electron chi connectivity index (χ2n) is 6.95. The highest BCUT2D eigenvalue weighted by Crippen LogP contribution is 2.05. The Bertz CT molecular complexity index is 353. The molecule has 2 fully saturated rings. The molecule has 0 radical (unpaired) electrons. The van der Waals surface area contributed by atoms with Gasteiger partial charge >= 0.3 is 0 Å². The molecule has 2 aliphatic rings. The van der Waals surface area contributed by atoms with Gasteiger partial charge in [0.1, 0.15) is 0 Å². The fraction of sp³-hybridized carbons (Fsp3) is 0.944. The van der Waals surface area contributed by atoms with Crippen molar-refractivity contribution in [1.29, 1.82) is 0 Å². The topological polar surface area (TPSA) is 48.0 Å². The SMILES string of the molecule is CCN1CCN(CCCCCNC(=O)C(C)N2CCOCC2)CC1. The lowest BCUT2D eigenvalue weighted by Gasteiger charge is -2.34. The minimum Gasteiger partial charge on any atom is -0.379 e. The van der Waals surface area contributed by atoms with Crippen LogP contribution >= 0.6 is 0 Å². The quantitative estimate of drug-likeness (QED) is 0.624. The van der Waals surface area contributed by atoms with Crippen molar-refractivity contribution in [3.05, 3.63) is 0 Å². The molecule has 2 saturated heterocycles. The van der Waals surface area contributed by atoms with Gasteiger partial charge in [-0.15, -0.1) is 0 Å². The summed E-state index contributed by atoms with van der Waals surface area (Å²) in [6, 6.07) is -0.0382. The minimum absolute atomic E-state index is 0.0382. The van der Waals surface area contributed by atoms with Crippen LogP contribution in [0.3, 0.4) is 0 Å². The number of unbranched alkanes of at least 4 members (excludes halogenated alkanes) is 2. The molecular weight excluding hydrogens is 304 g/mol. The largest absolute Gasteiger partial charge is 0.379 e. The summed E-state index contributed by atoms with van der Waals surface area (Å²) >= 11 is 0. The molecule has 1 unspecified atom stereocenters. The van der Waals surface area contributed by atoms with Gasteiger partial charge in [0.2, 0.25) is 5.91 Å². The molecule has 140 valence electrons. The van der Waals surface area contributed by atoms with Gasteiger partial charge in [0.25, 0.3) is 0 Å². The van der Waals surface area contributed by atoms with Crippen molar-refractivity contribution >= 4 is 5.91 Å². The third kappa shape index (κ3) is 6.67. The maximum absolute atomic E-state index is 12.2.